The van der Waals surface area contributed by atoms with E-state index in [1.165, 1.54) is 18.2 Å². The highest BCUT2D eigenvalue weighted by molar-refractivity contribution is 6.34. The first-order chi connectivity index (χ1) is 15.0. The topological polar surface area (TPSA) is 72.9 Å². The largest absolute Gasteiger partial charge is 0.497 e. The van der Waals surface area contributed by atoms with Gasteiger partial charge in [0.05, 0.1) is 36.1 Å². The molecule has 0 spiro atoms. The van der Waals surface area contributed by atoms with Gasteiger partial charge < -0.3 is 9.47 Å². The summed E-state index contributed by atoms with van der Waals surface area (Å²) >= 11 is 0. The lowest BCUT2D eigenvalue weighted by molar-refractivity contribution is 0.0509. The molecule has 0 N–H and O–H groups in total. The number of ether oxygens (including phenoxy) is 2. The zero-order chi connectivity index (χ0) is 22.0. The van der Waals surface area contributed by atoms with Gasteiger partial charge in [-0.25, -0.2) is 9.69 Å². The fourth-order valence-corrected chi connectivity index (χ4v) is 3.54. The Balaban J connectivity index is 1.46. The maximum absolute atomic E-state index is 12.9. The lowest BCUT2D eigenvalue weighted by atomic mass is 10.1. The number of benzene rings is 3. The summed E-state index contributed by atoms with van der Waals surface area (Å²) in [5, 5.41) is 0. The molecule has 0 aromatic heterocycles. The van der Waals surface area contributed by atoms with E-state index in [4.69, 9.17) is 9.47 Å². The van der Waals surface area contributed by atoms with Crippen molar-refractivity contribution in [1.82, 2.24) is 0 Å². The Morgan fingerprint density at radius 2 is 1.61 bits per heavy atom. The zero-order valence-electron chi connectivity index (χ0n) is 17.3. The second kappa shape index (κ2) is 8.44. The summed E-state index contributed by atoms with van der Waals surface area (Å²) in [4.78, 5) is 39.4. The Morgan fingerprint density at radius 3 is 2.32 bits per heavy atom. The normalized spacial score (nSPS) is 12.6. The minimum absolute atomic E-state index is 0.199. The summed E-state index contributed by atoms with van der Waals surface area (Å²) in [6, 6.07) is 19.2. The molecule has 0 aliphatic carbocycles. The number of esters is 1. The number of hydrogen-bond donors (Lipinski definition) is 0. The molecule has 6 nitrogen and oxygen atoms in total. The molecule has 6 heteroatoms. The third-order valence-corrected chi connectivity index (χ3v) is 5.26. The van der Waals surface area contributed by atoms with Crippen molar-refractivity contribution in [2.24, 2.45) is 0 Å². The van der Waals surface area contributed by atoms with E-state index in [0.717, 1.165) is 21.8 Å². The number of carbonyl (C=O) groups is 3. The molecule has 4 rings (SSSR count). The van der Waals surface area contributed by atoms with Gasteiger partial charge in [0.1, 0.15) is 5.75 Å². The van der Waals surface area contributed by atoms with E-state index >= 15 is 0 Å². The maximum atomic E-state index is 12.9. The van der Waals surface area contributed by atoms with Crippen molar-refractivity contribution < 1.29 is 23.9 Å². The van der Waals surface area contributed by atoms with Crippen LogP contribution in [0.1, 0.15) is 42.2 Å². The van der Waals surface area contributed by atoms with Gasteiger partial charge in [0, 0.05) is 6.42 Å². The number of rotatable bonds is 6. The highest BCUT2D eigenvalue weighted by Gasteiger charge is 2.37. The molecule has 0 atom stereocenters. The van der Waals surface area contributed by atoms with E-state index in [9.17, 15) is 14.4 Å². The van der Waals surface area contributed by atoms with Crippen LogP contribution in [0.4, 0.5) is 5.69 Å². The molecule has 0 unspecified atom stereocenters. The first kappa shape index (κ1) is 20.3. The molecule has 156 valence electrons. The second-order valence-electron chi connectivity index (χ2n) is 7.23. The van der Waals surface area contributed by atoms with Gasteiger partial charge in [-0.05, 0) is 54.4 Å². The van der Waals surface area contributed by atoms with Gasteiger partial charge >= 0.3 is 5.97 Å². The predicted octanol–water partition coefficient (Wildman–Crippen LogP) is 4.20. The molecule has 0 saturated carbocycles. The van der Waals surface area contributed by atoms with Crippen molar-refractivity contribution in [3.8, 4) is 5.75 Å². The van der Waals surface area contributed by atoms with Crippen molar-refractivity contribution in [1.29, 1.82) is 0 Å². The summed E-state index contributed by atoms with van der Waals surface area (Å²) in [7, 11) is 1.60. The van der Waals surface area contributed by atoms with Crippen LogP contribution in [0, 0.1) is 6.92 Å². The number of methoxy groups -OCH3 is 1. The fourth-order valence-electron chi connectivity index (χ4n) is 3.54. The Kier molecular flexibility index (Phi) is 5.54. The molecular formula is C25H21NO5. The van der Waals surface area contributed by atoms with E-state index in [1.54, 1.807) is 19.2 Å². The SMILES string of the molecule is COc1ccc(CCOC(=O)c2ccc3c(c2)C(=O)N(c2ccccc2C)C3=O)cc1. The molecule has 0 saturated heterocycles. The van der Waals surface area contributed by atoms with Crippen LogP contribution in [0.5, 0.6) is 5.75 Å². The van der Waals surface area contributed by atoms with Gasteiger partial charge in [-0.3, -0.25) is 9.59 Å². The van der Waals surface area contributed by atoms with Crippen LogP contribution >= 0.6 is 0 Å². The number of fused-ring (bicyclic) bond motifs is 1. The van der Waals surface area contributed by atoms with E-state index in [1.807, 2.05) is 43.3 Å². The number of para-hydroxylation sites is 1. The van der Waals surface area contributed by atoms with Gasteiger partial charge in [0.15, 0.2) is 0 Å². The average molecular weight is 415 g/mol. The molecule has 0 fully saturated rings. The lowest BCUT2D eigenvalue weighted by Crippen LogP contribution is -2.29. The molecule has 3 aromatic carbocycles. The van der Waals surface area contributed by atoms with E-state index < -0.39 is 17.8 Å². The average Bonchev–Trinajstić information content (AvgIpc) is 3.04. The number of carbonyl (C=O) groups excluding carboxylic acids is 3. The molecule has 0 bridgehead atoms. The number of anilines is 1. The van der Waals surface area contributed by atoms with Crippen molar-refractivity contribution in [2.45, 2.75) is 13.3 Å². The van der Waals surface area contributed by atoms with Crippen LogP contribution in [0.15, 0.2) is 66.7 Å². The van der Waals surface area contributed by atoms with Crippen molar-refractivity contribution in [3.63, 3.8) is 0 Å². The van der Waals surface area contributed by atoms with Crippen LogP contribution in [-0.2, 0) is 11.2 Å². The van der Waals surface area contributed by atoms with Crippen LogP contribution in [-0.4, -0.2) is 31.5 Å². The highest BCUT2D eigenvalue weighted by atomic mass is 16.5. The molecule has 0 radical (unpaired) electrons. The van der Waals surface area contributed by atoms with Crippen LogP contribution in [0.2, 0.25) is 0 Å². The van der Waals surface area contributed by atoms with Gasteiger partial charge in [0.25, 0.3) is 11.8 Å². The molecule has 3 aromatic rings. The summed E-state index contributed by atoms with van der Waals surface area (Å²) in [6.45, 7) is 2.04. The highest BCUT2D eigenvalue weighted by Crippen LogP contribution is 2.31. The van der Waals surface area contributed by atoms with Gasteiger partial charge in [0.2, 0.25) is 0 Å². The van der Waals surface area contributed by atoms with Gasteiger partial charge in [-0.15, -0.1) is 0 Å². The van der Waals surface area contributed by atoms with E-state index in [0.29, 0.717) is 12.1 Å². The number of amides is 2. The lowest BCUT2D eigenvalue weighted by Gasteiger charge is -2.16. The van der Waals surface area contributed by atoms with Crippen molar-refractivity contribution >= 4 is 23.5 Å². The first-order valence-corrected chi connectivity index (χ1v) is 9.88. The third kappa shape index (κ3) is 3.92. The molecule has 1 heterocycles. The summed E-state index contributed by atoms with van der Waals surface area (Å²) < 4.78 is 10.5. The van der Waals surface area contributed by atoms with E-state index in [2.05, 4.69) is 0 Å². The standard InChI is InChI=1S/C25H21NO5/c1-16-5-3-4-6-22(16)26-23(27)20-12-9-18(15-21(20)24(26)28)25(29)31-14-13-17-7-10-19(30-2)11-8-17/h3-12,15H,13-14H2,1-2H3. The van der Waals surface area contributed by atoms with Gasteiger partial charge in [-0.1, -0.05) is 30.3 Å². The molecule has 2 amide bonds. The Hall–Kier alpha value is -3.93. The number of aryl methyl sites for hydroxylation is 1. The summed E-state index contributed by atoms with van der Waals surface area (Å²) in [5.74, 6) is -0.611. The maximum Gasteiger partial charge on any atom is 0.338 e. The fraction of sp³-hybridized carbons (Fsp3) is 0.160. The Labute approximate surface area is 180 Å². The summed E-state index contributed by atoms with van der Waals surface area (Å²) in [6.07, 6.45) is 0.555. The van der Waals surface area contributed by atoms with Crippen LogP contribution in [0.25, 0.3) is 0 Å². The monoisotopic (exact) mass is 415 g/mol. The smallest absolute Gasteiger partial charge is 0.338 e. The second-order valence-corrected chi connectivity index (χ2v) is 7.23. The van der Waals surface area contributed by atoms with Crippen molar-refractivity contribution in [2.75, 3.05) is 18.6 Å². The van der Waals surface area contributed by atoms with Crippen LogP contribution in [0.3, 0.4) is 0 Å². The minimum atomic E-state index is -0.536. The Bertz CT molecular complexity index is 1170. The molecule has 1 aliphatic rings. The number of nitrogens with zero attached hydrogens (tertiary/aromatic N) is 1. The molecule has 31 heavy (non-hydrogen) atoms. The van der Waals surface area contributed by atoms with E-state index in [-0.39, 0.29) is 23.3 Å². The number of imide groups is 1. The Morgan fingerprint density at radius 1 is 0.903 bits per heavy atom. The minimum Gasteiger partial charge on any atom is -0.497 e. The number of hydrogen-bond acceptors (Lipinski definition) is 5. The van der Waals surface area contributed by atoms with Gasteiger partial charge in [-0.2, -0.15) is 0 Å². The van der Waals surface area contributed by atoms with Crippen LogP contribution < -0.4 is 9.64 Å². The quantitative estimate of drug-likeness (QED) is 0.446. The zero-order valence-corrected chi connectivity index (χ0v) is 17.3. The first-order valence-electron chi connectivity index (χ1n) is 9.88. The molecular weight excluding hydrogens is 394 g/mol. The van der Waals surface area contributed by atoms with Crippen molar-refractivity contribution in [3.05, 3.63) is 94.5 Å². The molecule has 1 aliphatic heterocycles. The third-order valence-electron chi connectivity index (χ3n) is 5.26. The summed E-state index contributed by atoms with van der Waals surface area (Å²) in [5.41, 5.74) is 3.09. The predicted molar refractivity (Wildman–Crippen MR) is 116 cm³/mol.